The van der Waals surface area contributed by atoms with E-state index in [0.717, 1.165) is 5.56 Å². The molecule has 0 saturated carbocycles. The maximum atomic E-state index is 12.8. The van der Waals surface area contributed by atoms with Crippen LogP contribution >= 0.6 is 0 Å². The molecule has 0 bridgehead atoms. The van der Waals surface area contributed by atoms with Crippen molar-refractivity contribution in [2.75, 3.05) is 5.32 Å². The number of aliphatic carboxylic acids is 1. The number of nitrogens with one attached hydrogen (secondary N) is 3. The van der Waals surface area contributed by atoms with Crippen molar-refractivity contribution in [3.63, 3.8) is 0 Å². The van der Waals surface area contributed by atoms with Crippen LogP contribution in [0, 0.1) is 6.92 Å². The van der Waals surface area contributed by atoms with Gasteiger partial charge in [0.25, 0.3) is 11.8 Å². The first-order valence-electron chi connectivity index (χ1n) is 13.4. The van der Waals surface area contributed by atoms with Gasteiger partial charge in [-0.2, -0.15) is 0 Å². The molecule has 1 atom stereocenters. The number of furan rings is 1. The number of benzene rings is 1. The quantitative estimate of drug-likeness (QED) is 0.169. The predicted octanol–water partition coefficient (Wildman–Crippen LogP) is 5.33. The summed E-state index contributed by atoms with van der Waals surface area (Å²) in [6.07, 6.45) is 4.13. The molecule has 1 unspecified atom stereocenters. The summed E-state index contributed by atoms with van der Waals surface area (Å²) in [4.78, 5) is 56.3. The Morgan fingerprint density at radius 2 is 1.81 bits per heavy atom. The summed E-state index contributed by atoms with van der Waals surface area (Å²) in [6.45, 7) is 6.92. The van der Waals surface area contributed by atoms with Gasteiger partial charge < -0.3 is 34.6 Å². The molecule has 0 aliphatic heterocycles. The van der Waals surface area contributed by atoms with Gasteiger partial charge in [-0.05, 0) is 64.4 Å². The number of amides is 2. The lowest BCUT2D eigenvalue weighted by atomic mass is 10.1. The molecular weight excluding hydrogens is 556 g/mol. The van der Waals surface area contributed by atoms with Crippen molar-refractivity contribution in [2.45, 2.75) is 52.2 Å². The van der Waals surface area contributed by atoms with Crippen LogP contribution in [-0.4, -0.2) is 50.5 Å². The van der Waals surface area contributed by atoms with Crippen molar-refractivity contribution >= 4 is 29.4 Å². The highest BCUT2D eigenvalue weighted by Gasteiger charge is 2.24. The van der Waals surface area contributed by atoms with Gasteiger partial charge in [0.2, 0.25) is 0 Å². The molecule has 43 heavy (non-hydrogen) atoms. The van der Waals surface area contributed by atoms with Crippen LogP contribution in [-0.2, 0) is 14.3 Å². The zero-order valence-electron chi connectivity index (χ0n) is 24.1. The number of carboxylic acids is 1. The Balaban J connectivity index is 1.39. The number of hydrogen-bond donors (Lipinski definition) is 4. The van der Waals surface area contributed by atoms with Crippen molar-refractivity contribution in [1.29, 1.82) is 0 Å². The number of esters is 1. The minimum Gasteiger partial charge on any atom is -0.480 e. The zero-order valence-corrected chi connectivity index (χ0v) is 24.1. The van der Waals surface area contributed by atoms with E-state index in [2.05, 4.69) is 20.6 Å². The number of aryl methyl sites for hydroxylation is 1. The van der Waals surface area contributed by atoms with E-state index < -0.39 is 29.5 Å². The average molecular weight is 589 g/mol. The fourth-order valence-electron chi connectivity index (χ4n) is 4.02. The highest BCUT2D eigenvalue weighted by molar-refractivity contribution is 6.03. The number of pyridine rings is 1. The summed E-state index contributed by atoms with van der Waals surface area (Å²) < 4.78 is 16.4. The number of aromatic amines is 1. The summed E-state index contributed by atoms with van der Waals surface area (Å²) in [5.41, 5.74) is 1.68. The van der Waals surface area contributed by atoms with Crippen LogP contribution in [0.15, 0.2) is 71.6 Å². The lowest BCUT2D eigenvalue weighted by Gasteiger charge is -2.20. The van der Waals surface area contributed by atoms with E-state index in [4.69, 9.17) is 13.9 Å². The van der Waals surface area contributed by atoms with Gasteiger partial charge >= 0.3 is 11.9 Å². The van der Waals surface area contributed by atoms with E-state index in [9.17, 15) is 24.3 Å². The van der Waals surface area contributed by atoms with Gasteiger partial charge in [0, 0.05) is 42.2 Å². The third-order valence-electron chi connectivity index (χ3n) is 6.01. The maximum Gasteiger partial charge on any atom is 0.326 e. The maximum absolute atomic E-state index is 12.8. The van der Waals surface area contributed by atoms with Crippen LogP contribution < -0.4 is 15.4 Å². The molecule has 4 aromatic rings. The molecule has 0 spiro atoms. The first-order valence-corrected chi connectivity index (χ1v) is 13.4. The lowest BCUT2D eigenvalue weighted by Crippen LogP contribution is -2.41. The molecule has 0 fully saturated rings. The minimum absolute atomic E-state index is 0.123. The zero-order chi connectivity index (χ0) is 31.1. The second kappa shape index (κ2) is 13.1. The summed E-state index contributed by atoms with van der Waals surface area (Å²) in [7, 11) is 0. The second-order valence-corrected chi connectivity index (χ2v) is 10.7. The minimum atomic E-state index is -1.28. The van der Waals surface area contributed by atoms with Crippen molar-refractivity contribution < 1.29 is 38.2 Å². The molecule has 2 amide bonds. The third kappa shape index (κ3) is 8.55. The largest absolute Gasteiger partial charge is 0.480 e. The number of nitrogens with zero attached hydrogens (tertiary/aromatic N) is 1. The molecule has 0 radical (unpaired) electrons. The standard InChI is InChI=1S/C31H32N4O8/c1-18-11-13-41-27(18)29(38)34-20-6-5-7-21(15-20)42-22-10-12-32-25(16-22)24-14-19(17-33-24)28(37)35-23(30(39)40)8-9-26(36)43-31(2,3)4/h5-7,10-17,23,33H,8-9H2,1-4H3,(H,34,38)(H,35,37)(H,39,40). The summed E-state index contributed by atoms with van der Waals surface area (Å²) in [5, 5.41) is 14.8. The number of rotatable bonds is 11. The number of carboxylic acid groups (broad SMARTS) is 1. The van der Waals surface area contributed by atoms with Gasteiger partial charge in [-0.3, -0.25) is 19.4 Å². The van der Waals surface area contributed by atoms with Crippen LogP contribution in [0.2, 0.25) is 0 Å². The monoisotopic (exact) mass is 588 g/mol. The highest BCUT2D eigenvalue weighted by Crippen LogP contribution is 2.27. The fourth-order valence-corrected chi connectivity index (χ4v) is 4.02. The Morgan fingerprint density at radius 3 is 2.51 bits per heavy atom. The number of ether oxygens (including phenoxy) is 2. The van der Waals surface area contributed by atoms with Gasteiger partial charge in [-0.1, -0.05) is 6.07 Å². The number of anilines is 1. The number of H-pyrrole nitrogens is 1. The number of carbonyl (C=O) groups excluding carboxylic acids is 3. The number of aromatic nitrogens is 2. The SMILES string of the molecule is Cc1ccoc1C(=O)Nc1cccc(Oc2ccnc(-c3cc(C(=O)NC(CCC(=O)OC(C)(C)C)C(=O)O)c[nH]3)c2)c1. The molecule has 1 aromatic carbocycles. The van der Waals surface area contributed by atoms with Crippen molar-refractivity contribution in [3.8, 4) is 22.9 Å². The van der Waals surface area contributed by atoms with Gasteiger partial charge in [0.1, 0.15) is 23.1 Å². The Kier molecular flexibility index (Phi) is 9.29. The van der Waals surface area contributed by atoms with E-state index in [1.807, 2.05) is 0 Å². The topological polar surface area (TPSA) is 173 Å². The summed E-state index contributed by atoms with van der Waals surface area (Å²) in [6, 6.07) is 12.1. The van der Waals surface area contributed by atoms with E-state index in [1.165, 1.54) is 24.7 Å². The van der Waals surface area contributed by atoms with Gasteiger partial charge in [-0.25, -0.2) is 4.79 Å². The third-order valence-corrected chi connectivity index (χ3v) is 6.01. The highest BCUT2D eigenvalue weighted by atomic mass is 16.6. The summed E-state index contributed by atoms with van der Waals surface area (Å²) >= 11 is 0. The van der Waals surface area contributed by atoms with E-state index in [-0.39, 0.29) is 30.1 Å². The first kappa shape index (κ1) is 30.6. The molecule has 224 valence electrons. The van der Waals surface area contributed by atoms with Gasteiger partial charge in [0.05, 0.1) is 23.2 Å². The smallest absolute Gasteiger partial charge is 0.326 e. The Labute approximate surface area is 247 Å². The summed E-state index contributed by atoms with van der Waals surface area (Å²) in [5.74, 6) is -1.69. The molecular formula is C31H32N4O8. The molecule has 0 saturated heterocycles. The average Bonchev–Trinajstić information content (AvgIpc) is 3.60. The van der Waals surface area contributed by atoms with Crippen LogP contribution in [0.1, 0.15) is 60.1 Å². The molecule has 3 aromatic heterocycles. The second-order valence-electron chi connectivity index (χ2n) is 10.7. The first-order chi connectivity index (χ1) is 20.4. The Bertz CT molecular complexity index is 1630. The predicted molar refractivity (Wildman–Crippen MR) is 156 cm³/mol. The Morgan fingerprint density at radius 1 is 1.05 bits per heavy atom. The van der Waals surface area contributed by atoms with Crippen molar-refractivity contribution in [1.82, 2.24) is 15.3 Å². The van der Waals surface area contributed by atoms with Crippen LogP contribution in [0.5, 0.6) is 11.5 Å². The van der Waals surface area contributed by atoms with Crippen molar-refractivity contribution in [3.05, 3.63) is 84.1 Å². The normalized spacial score (nSPS) is 11.8. The molecule has 12 nitrogen and oxygen atoms in total. The number of hydrogen-bond acceptors (Lipinski definition) is 8. The van der Waals surface area contributed by atoms with Crippen LogP contribution in [0.3, 0.4) is 0 Å². The van der Waals surface area contributed by atoms with Gasteiger partial charge in [0.15, 0.2) is 5.76 Å². The van der Waals surface area contributed by atoms with Crippen LogP contribution in [0.25, 0.3) is 11.4 Å². The Hall–Kier alpha value is -5.39. The molecule has 12 heteroatoms. The van der Waals surface area contributed by atoms with E-state index in [1.54, 1.807) is 70.2 Å². The number of carbonyl (C=O) groups is 4. The fraction of sp³-hybridized carbons (Fsp3) is 0.258. The van der Waals surface area contributed by atoms with Gasteiger partial charge in [-0.15, -0.1) is 0 Å². The van der Waals surface area contributed by atoms with E-state index in [0.29, 0.717) is 28.6 Å². The van der Waals surface area contributed by atoms with E-state index >= 15 is 0 Å². The molecule has 4 N–H and O–H groups in total. The molecule has 0 aliphatic rings. The molecule has 0 aliphatic carbocycles. The van der Waals surface area contributed by atoms with Crippen molar-refractivity contribution in [2.24, 2.45) is 0 Å². The van der Waals surface area contributed by atoms with Crippen LogP contribution in [0.4, 0.5) is 5.69 Å². The molecule has 4 rings (SSSR count). The lowest BCUT2D eigenvalue weighted by molar-refractivity contribution is -0.155. The molecule has 3 heterocycles.